The Kier molecular flexibility index (Phi) is 2.64. The highest BCUT2D eigenvalue weighted by Gasteiger charge is 2.40. The van der Waals surface area contributed by atoms with Crippen LogP contribution in [0.1, 0.15) is 12.8 Å². The Morgan fingerprint density at radius 3 is 2.80 bits per heavy atom. The van der Waals surface area contributed by atoms with Crippen LogP contribution in [-0.4, -0.2) is 24.1 Å². The molecule has 0 radical (unpaired) electrons. The molecule has 2 heteroatoms. The van der Waals surface area contributed by atoms with Crippen LogP contribution >= 0.6 is 11.8 Å². The van der Waals surface area contributed by atoms with E-state index in [1.54, 1.807) is 0 Å². The summed E-state index contributed by atoms with van der Waals surface area (Å²) in [7, 11) is 0. The first-order valence-electron chi connectivity index (χ1n) is 3.52. The Hall–Kier alpha value is -0.130. The van der Waals surface area contributed by atoms with Crippen molar-refractivity contribution in [1.29, 1.82) is 0 Å². The van der Waals surface area contributed by atoms with E-state index in [4.69, 9.17) is 6.42 Å². The van der Waals surface area contributed by atoms with Gasteiger partial charge in [-0.2, -0.15) is 11.8 Å². The van der Waals surface area contributed by atoms with Gasteiger partial charge in [0.15, 0.2) is 0 Å². The maximum absolute atomic E-state index is 5.10. The SMILES string of the molecule is C#CCNCC1(SC)CC1. The lowest BCUT2D eigenvalue weighted by atomic mass is 10.4. The fourth-order valence-corrected chi connectivity index (χ4v) is 1.71. The molecular weight excluding hydrogens is 142 g/mol. The molecule has 0 aromatic heterocycles. The molecule has 1 rings (SSSR count). The molecule has 56 valence electrons. The van der Waals surface area contributed by atoms with Crippen molar-refractivity contribution in [3.05, 3.63) is 0 Å². The lowest BCUT2D eigenvalue weighted by Crippen LogP contribution is -2.25. The summed E-state index contributed by atoms with van der Waals surface area (Å²) in [6.45, 7) is 1.79. The predicted octanol–water partition coefficient (Wildman–Crippen LogP) is 1.10. The number of hydrogen-bond donors (Lipinski definition) is 1. The molecule has 0 aromatic rings. The van der Waals surface area contributed by atoms with Crippen molar-refractivity contribution in [1.82, 2.24) is 5.32 Å². The second-order valence-corrected chi connectivity index (χ2v) is 3.97. The molecule has 1 nitrogen and oxygen atoms in total. The van der Waals surface area contributed by atoms with Gasteiger partial charge in [0.1, 0.15) is 0 Å². The molecule has 0 bridgehead atoms. The van der Waals surface area contributed by atoms with Gasteiger partial charge in [-0.3, -0.25) is 0 Å². The van der Waals surface area contributed by atoms with E-state index in [0.717, 1.165) is 6.54 Å². The average Bonchev–Trinajstić information content (AvgIpc) is 2.70. The third-order valence-electron chi connectivity index (χ3n) is 1.91. The summed E-state index contributed by atoms with van der Waals surface area (Å²) < 4.78 is 0.552. The van der Waals surface area contributed by atoms with Gasteiger partial charge in [0, 0.05) is 11.3 Å². The Balaban J connectivity index is 2.08. The van der Waals surface area contributed by atoms with Crippen molar-refractivity contribution in [2.45, 2.75) is 17.6 Å². The Labute approximate surface area is 67.0 Å². The third-order valence-corrected chi connectivity index (χ3v) is 3.33. The molecule has 1 N–H and O–H groups in total. The van der Waals surface area contributed by atoms with Gasteiger partial charge >= 0.3 is 0 Å². The Morgan fingerprint density at radius 2 is 2.40 bits per heavy atom. The molecule has 0 spiro atoms. The monoisotopic (exact) mass is 155 g/mol. The molecule has 0 aromatic carbocycles. The van der Waals surface area contributed by atoms with E-state index in [1.807, 2.05) is 11.8 Å². The third kappa shape index (κ3) is 1.93. The van der Waals surface area contributed by atoms with Crippen LogP contribution in [-0.2, 0) is 0 Å². The lowest BCUT2D eigenvalue weighted by Gasteiger charge is -2.10. The van der Waals surface area contributed by atoms with Gasteiger partial charge in [-0.1, -0.05) is 5.92 Å². The predicted molar refractivity (Wildman–Crippen MR) is 47.2 cm³/mol. The highest BCUT2D eigenvalue weighted by Crippen LogP contribution is 2.46. The summed E-state index contributed by atoms with van der Waals surface area (Å²) >= 11 is 1.96. The first-order valence-corrected chi connectivity index (χ1v) is 4.75. The highest BCUT2D eigenvalue weighted by molar-refractivity contribution is 8.00. The minimum Gasteiger partial charge on any atom is -0.305 e. The number of nitrogens with one attached hydrogen (secondary N) is 1. The van der Waals surface area contributed by atoms with Gasteiger partial charge < -0.3 is 5.32 Å². The van der Waals surface area contributed by atoms with Crippen molar-refractivity contribution in [3.63, 3.8) is 0 Å². The first-order chi connectivity index (χ1) is 4.83. The molecule has 0 unspecified atom stereocenters. The molecule has 0 amide bonds. The normalized spacial score (nSPS) is 20.0. The Morgan fingerprint density at radius 1 is 1.70 bits per heavy atom. The summed E-state index contributed by atoms with van der Waals surface area (Å²) in [6, 6.07) is 0. The topological polar surface area (TPSA) is 12.0 Å². The zero-order chi connectivity index (χ0) is 7.45. The molecule has 0 aliphatic heterocycles. The standard InChI is InChI=1S/C8H13NS/c1-3-6-9-7-8(10-2)4-5-8/h1,9H,4-7H2,2H3. The zero-order valence-corrected chi connectivity index (χ0v) is 7.13. The maximum atomic E-state index is 5.10. The molecule has 0 heterocycles. The van der Waals surface area contributed by atoms with Crippen molar-refractivity contribution >= 4 is 11.8 Å². The van der Waals surface area contributed by atoms with E-state index in [-0.39, 0.29) is 0 Å². The molecule has 0 saturated heterocycles. The van der Waals surface area contributed by atoms with Crippen molar-refractivity contribution < 1.29 is 0 Å². The van der Waals surface area contributed by atoms with Crippen molar-refractivity contribution in [3.8, 4) is 12.3 Å². The van der Waals surface area contributed by atoms with Gasteiger partial charge in [0.25, 0.3) is 0 Å². The fraction of sp³-hybridized carbons (Fsp3) is 0.750. The van der Waals surface area contributed by atoms with E-state index in [0.29, 0.717) is 11.3 Å². The van der Waals surface area contributed by atoms with Crippen LogP contribution in [0.15, 0.2) is 0 Å². The van der Waals surface area contributed by atoms with E-state index in [1.165, 1.54) is 12.8 Å². The molecule has 1 aliphatic rings. The minimum atomic E-state index is 0.552. The van der Waals surface area contributed by atoms with Gasteiger partial charge in [-0.05, 0) is 19.1 Å². The van der Waals surface area contributed by atoms with E-state index >= 15 is 0 Å². The van der Waals surface area contributed by atoms with Crippen molar-refractivity contribution in [2.75, 3.05) is 19.3 Å². The van der Waals surface area contributed by atoms with E-state index in [2.05, 4.69) is 17.5 Å². The van der Waals surface area contributed by atoms with Crippen LogP contribution in [0.4, 0.5) is 0 Å². The summed E-state index contributed by atoms with van der Waals surface area (Å²) in [5.74, 6) is 2.57. The first kappa shape index (κ1) is 7.97. The highest BCUT2D eigenvalue weighted by atomic mass is 32.2. The Bertz CT molecular complexity index is 144. The number of hydrogen-bond acceptors (Lipinski definition) is 2. The number of rotatable bonds is 4. The molecule has 0 atom stereocenters. The number of thioether (sulfide) groups is 1. The quantitative estimate of drug-likeness (QED) is 0.482. The molecule has 1 saturated carbocycles. The van der Waals surface area contributed by atoms with Gasteiger partial charge in [-0.15, -0.1) is 6.42 Å². The lowest BCUT2D eigenvalue weighted by molar-refractivity contribution is 0.721. The van der Waals surface area contributed by atoms with Gasteiger partial charge in [-0.25, -0.2) is 0 Å². The molecular formula is C8H13NS. The largest absolute Gasteiger partial charge is 0.305 e. The minimum absolute atomic E-state index is 0.552. The molecule has 1 fully saturated rings. The van der Waals surface area contributed by atoms with Crippen LogP contribution in [0.3, 0.4) is 0 Å². The van der Waals surface area contributed by atoms with Crippen LogP contribution in [0.5, 0.6) is 0 Å². The maximum Gasteiger partial charge on any atom is 0.0574 e. The summed E-state index contributed by atoms with van der Waals surface area (Å²) in [6.07, 6.45) is 9.98. The second kappa shape index (κ2) is 3.32. The summed E-state index contributed by atoms with van der Waals surface area (Å²) in [5.41, 5.74) is 0. The smallest absolute Gasteiger partial charge is 0.0574 e. The van der Waals surface area contributed by atoms with Crippen LogP contribution in [0.25, 0.3) is 0 Å². The summed E-state index contributed by atoms with van der Waals surface area (Å²) in [5, 5.41) is 3.23. The van der Waals surface area contributed by atoms with Crippen molar-refractivity contribution in [2.24, 2.45) is 0 Å². The van der Waals surface area contributed by atoms with Crippen LogP contribution in [0.2, 0.25) is 0 Å². The second-order valence-electron chi connectivity index (χ2n) is 2.69. The zero-order valence-electron chi connectivity index (χ0n) is 6.31. The summed E-state index contributed by atoms with van der Waals surface area (Å²) in [4.78, 5) is 0. The fourth-order valence-electron chi connectivity index (χ4n) is 0.955. The average molecular weight is 155 g/mol. The van der Waals surface area contributed by atoms with E-state index in [9.17, 15) is 0 Å². The van der Waals surface area contributed by atoms with Crippen LogP contribution < -0.4 is 5.32 Å². The van der Waals surface area contributed by atoms with Gasteiger partial charge in [0.05, 0.1) is 6.54 Å². The van der Waals surface area contributed by atoms with Gasteiger partial charge in [0.2, 0.25) is 0 Å². The van der Waals surface area contributed by atoms with Crippen LogP contribution in [0, 0.1) is 12.3 Å². The molecule has 10 heavy (non-hydrogen) atoms. The molecule has 1 aliphatic carbocycles. The van der Waals surface area contributed by atoms with E-state index < -0.39 is 0 Å². The number of terminal acetylenes is 1.